The maximum Gasteiger partial charge on any atom is 0.203 e. The van der Waals surface area contributed by atoms with Crippen LogP contribution in [0, 0.1) is 0 Å². The Bertz CT molecular complexity index is 541. The summed E-state index contributed by atoms with van der Waals surface area (Å²) >= 11 is 3.37. The van der Waals surface area contributed by atoms with Gasteiger partial charge in [-0.1, -0.05) is 22.0 Å². The van der Waals surface area contributed by atoms with Gasteiger partial charge in [-0.25, -0.2) is 8.42 Å². The van der Waals surface area contributed by atoms with E-state index in [2.05, 4.69) is 15.9 Å². The number of methoxy groups -OCH3 is 3. The van der Waals surface area contributed by atoms with Crippen molar-refractivity contribution in [1.29, 1.82) is 0 Å². The molecule has 0 fully saturated rings. The molecule has 5 nitrogen and oxygen atoms in total. The second kappa shape index (κ2) is 6.47. The lowest BCUT2D eigenvalue weighted by Crippen LogP contribution is -2.10. The zero-order valence-electron chi connectivity index (χ0n) is 11.3. The van der Waals surface area contributed by atoms with Gasteiger partial charge in [0.15, 0.2) is 11.5 Å². The summed E-state index contributed by atoms with van der Waals surface area (Å²) in [7, 11) is 1.43. The first-order valence-corrected chi connectivity index (χ1v) is 8.42. The fourth-order valence-electron chi connectivity index (χ4n) is 1.73. The van der Waals surface area contributed by atoms with Crippen molar-refractivity contribution in [3.05, 3.63) is 17.7 Å². The molecule has 0 bridgehead atoms. The number of rotatable bonds is 6. The molecule has 0 amide bonds. The van der Waals surface area contributed by atoms with Crippen LogP contribution in [0.25, 0.3) is 0 Å². The summed E-state index contributed by atoms with van der Waals surface area (Å²) in [5.74, 6) is 1.41. The molecule has 1 atom stereocenters. The van der Waals surface area contributed by atoms with Gasteiger partial charge in [-0.05, 0) is 6.07 Å². The highest BCUT2D eigenvalue weighted by Gasteiger charge is 2.23. The lowest BCUT2D eigenvalue weighted by atomic mass is 10.1. The number of benzene rings is 1. The quantitative estimate of drug-likeness (QED) is 0.734. The van der Waals surface area contributed by atoms with Gasteiger partial charge in [0.1, 0.15) is 9.84 Å². The number of hydrogen-bond donors (Lipinski definition) is 0. The van der Waals surface area contributed by atoms with Crippen LogP contribution >= 0.6 is 15.9 Å². The number of halogens is 1. The number of alkyl halides is 1. The van der Waals surface area contributed by atoms with E-state index >= 15 is 0 Å². The molecule has 0 saturated carbocycles. The van der Waals surface area contributed by atoms with Crippen molar-refractivity contribution in [3.63, 3.8) is 0 Å². The Morgan fingerprint density at radius 3 is 2.11 bits per heavy atom. The van der Waals surface area contributed by atoms with E-state index in [0.29, 0.717) is 22.8 Å². The van der Waals surface area contributed by atoms with Crippen molar-refractivity contribution in [2.75, 3.05) is 33.3 Å². The molecule has 1 unspecified atom stereocenters. The lowest BCUT2D eigenvalue weighted by Gasteiger charge is -2.18. The predicted molar refractivity (Wildman–Crippen MR) is 77.5 cm³/mol. The first-order chi connectivity index (χ1) is 8.84. The molecule has 1 rings (SSSR count). The molecular weight excluding hydrogens is 336 g/mol. The molecule has 0 N–H and O–H groups in total. The minimum atomic E-state index is -3.11. The van der Waals surface area contributed by atoms with E-state index in [9.17, 15) is 8.42 Å². The van der Waals surface area contributed by atoms with Gasteiger partial charge >= 0.3 is 0 Å². The Morgan fingerprint density at radius 1 is 1.11 bits per heavy atom. The van der Waals surface area contributed by atoms with Crippen molar-refractivity contribution in [2.24, 2.45) is 0 Å². The number of ether oxygens (including phenoxy) is 3. The minimum Gasteiger partial charge on any atom is -0.493 e. The normalized spacial score (nSPS) is 12.9. The van der Waals surface area contributed by atoms with Crippen molar-refractivity contribution in [3.8, 4) is 17.2 Å². The topological polar surface area (TPSA) is 61.8 Å². The standard InChI is InChI=1S/C12H17BrO5S/c1-16-10-6-5-8(9(13)7-19(4,14)15)11(17-2)12(10)18-3/h5-6,9H,7H2,1-4H3. The third-order valence-corrected chi connectivity index (χ3v) is 4.71. The largest absolute Gasteiger partial charge is 0.493 e. The van der Waals surface area contributed by atoms with E-state index in [1.165, 1.54) is 27.6 Å². The number of hydrogen-bond acceptors (Lipinski definition) is 5. The van der Waals surface area contributed by atoms with Gasteiger partial charge in [0.05, 0.1) is 31.9 Å². The Hall–Kier alpha value is -0.950. The predicted octanol–water partition coefficient (Wildman–Crippen LogP) is 2.19. The molecule has 0 saturated heterocycles. The monoisotopic (exact) mass is 352 g/mol. The molecule has 0 aliphatic carbocycles. The van der Waals surface area contributed by atoms with E-state index < -0.39 is 9.84 Å². The van der Waals surface area contributed by atoms with E-state index in [-0.39, 0.29) is 10.6 Å². The Labute approximate surface area is 121 Å². The summed E-state index contributed by atoms with van der Waals surface area (Å²) < 4.78 is 38.5. The first-order valence-electron chi connectivity index (χ1n) is 5.44. The van der Waals surface area contributed by atoms with Gasteiger partial charge in [0, 0.05) is 11.8 Å². The zero-order chi connectivity index (χ0) is 14.6. The van der Waals surface area contributed by atoms with Crippen LogP contribution in [-0.4, -0.2) is 41.8 Å². The van der Waals surface area contributed by atoms with Gasteiger partial charge < -0.3 is 14.2 Å². The van der Waals surface area contributed by atoms with E-state index in [1.54, 1.807) is 12.1 Å². The SMILES string of the molecule is COc1ccc(C(Br)CS(C)(=O)=O)c(OC)c1OC. The zero-order valence-corrected chi connectivity index (χ0v) is 13.7. The van der Waals surface area contributed by atoms with E-state index in [0.717, 1.165) is 0 Å². The maximum absolute atomic E-state index is 11.4. The van der Waals surface area contributed by atoms with E-state index in [1.807, 2.05) is 0 Å². The Balaban J connectivity index is 3.28. The average molecular weight is 353 g/mol. The second-order valence-corrected chi connectivity index (χ2v) is 7.27. The highest BCUT2D eigenvalue weighted by atomic mass is 79.9. The molecule has 0 spiro atoms. The van der Waals surface area contributed by atoms with Crippen molar-refractivity contribution in [2.45, 2.75) is 4.83 Å². The highest BCUT2D eigenvalue weighted by molar-refractivity contribution is 9.09. The Morgan fingerprint density at radius 2 is 1.68 bits per heavy atom. The summed E-state index contributed by atoms with van der Waals surface area (Å²) in [5.41, 5.74) is 0.700. The maximum atomic E-state index is 11.4. The van der Waals surface area contributed by atoms with Gasteiger partial charge in [-0.15, -0.1) is 0 Å². The average Bonchev–Trinajstić information content (AvgIpc) is 2.34. The molecule has 0 aliphatic heterocycles. The van der Waals surface area contributed by atoms with E-state index in [4.69, 9.17) is 14.2 Å². The van der Waals surface area contributed by atoms with Gasteiger partial charge in [-0.3, -0.25) is 0 Å². The molecule has 7 heteroatoms. The van der Waals surface area contributed by atoms with Crippen LogP contribution in [0.15, 0.2) is 12.1 Å². The summed E-state index contributed by atoms with van der Waals surface area (Å²) in [6, 6.07) is 3.47. The van der Waals surface area contributed by atoms with Crippen LogP contribution < -0.4 is 14.2 Å². The summed E-state index contributed by atoms with van der Waals surface area (Å²) in [6.45, 7) is 0. The van der Waals surface area contributed by atoms with Crippen molar-refractivity contribution < 1.29 is 22.6 Å². The van der Waals surface area contributed by atoms with Crippen molar-refractivity contribution in [1.82, 2.24) is 0 Å². The highest BCUT2D eigenvalue weighted by Crippen LogP contribution is 2.44. The lowest BCUT2D eigenvalue weighted by molar-refractivity contribution is 0.322. The molecule has 0 aliphatic rings. The fourth-order valence-corrected chi connectivity index (χ4v) is 4.24. The molecule has 0 aromatic heterocycles. The molecule has 0 heterocycles. The number of sulfone groups is 1. The molecular formula is C12H17BrO5S. The molecule has 0 radical (unpaired) electrons. The third-order valence-electron chi connectivity index (χ3n) is 2.52. The smallest absolute Gasteiger partial charge is 0.203 e. The first kappa shape index (κ1) is 16.1. The van der Waals surface area contributed by atoms with Crippen LogP contribution in [0.4, 0.5) is 0 Å². The summed E-state index contributed by atoms with van der Waals surface area (Å²) in [6.07, 6.45) is 1.19. The molecule has 1 aromatic carbocycles. The minimum absolute atomic E-state index is 0.0289. The van der Waals surface area contributed by atoms with Crippen LogP contribution in [0.2, 0.25) is 0 Å². The van der Waals surface area contributed by atoms with Crippen molar-refractivity contribution >= 4 is 25.8 Å². The molecule has 19 heavy (non-hydrogen) atoms. The summed E-state index contributed by atoms with van der Waals surface area (Å²) in [4.78, 5) is -0.378. The van der Waals surface area contributed by atoms with Crippen LogP contribution in [0.3, 0.4) is 0 Å². The van der Waals surface area contributed by atoms with Crippen LogP contribution in [0.1, 0.15) is 10.4 Å². The van der Waals surface area contributed by atoms with Gasteiger partial charge in [0.2, 0.25) is 5.75 Å². The summed E-state index contributed by atoms with van der Waals surface area (Å²) in [5, 5.41) is 0. The van der Waals surface area contributed by atoms with Gasteiger partial charge in [0.25, 0.3) is 0 Å². The van der Waals surface area contributed by atoms with Gasteiger partial charge in [-0.2, -0.15) is 0 Å². The third kappa shape index (κ3) is 4.01. The molecule has 108 valence electrons. The Kier molecular flexibility index (Phi) is 5.49. The van der Waals surface area contributed by atoms with Crippen LogP contribution in [-0.2, 0) is 9.84 Å². The fraction of sp³-hybridized carbons (Fsp3) is 0.500. The second-order valence-electron chi connectivity index (χ2n) is 3.98. The van der Waals surface area contributed by atoms with Crippen LogP contribution in [0.5, 0.6) is 17.2 Å². The molecule has 1 aromatic rings.